The number of amides is 2. The number of nitrogens with zero attached hydrogens (tertiary/aromatic N) is 4. The fourth-order valence-electron chi connectivity index (χ4n) is 3.30. The SMILES string of the molecule is Cn1c(CO)nnc1C1CC(NC(=O)C(=O)N2CCCCC2)C1. The summed E-state index contributed by atoms with van der Waals surface area (Å²) >= 11 is 0. The van der Waals surface area contributed by atoms with Crippen LogP contribution in [0, 0.1) is 0 Å². The van der Waals surface area contributed by atoms with Crippen LogP contribution in [0.3, 0.4) is 0 Å². The molecule has 2 amide bonds. The van der Waals surface area contributed by atoms with Crippen LogP contribution in [0.5, 0.6) is 0 Å². The second-order valence-corrected chi connectivity index (χ2v) is 6.38. The molecule has 0 bridgehead atoms. The molecule has 8 heteroatoms. The van der Waals surface area contributed by atoms with Crippen LogP contribution in [0.1, 0.15) is 49.7 Å². The van der Waals surface area contributed by atoms with Crippen LogP contribution in [-0.4, -0.2) is 55.7 Å². The molecule has 0 atom stereocenters. The predicted molar refractivity (Wildman–Crippen MR) is 81.3 cm³/mol. The molecule has 1 saturated heterocycles. The minimum absolute atomic E-state index is 0.00974. The first-order valence-electron chi connectivity index (χ1n) is 8.19. The molecule has 2 heterocycles. The Hall–Kier alpha value is -1.96. The number of nitrogens with one attached hydrogen (secondary N) is 1. The minimum Gasteiger partial charge on any atom is -0.388 e. The van der Waals surface area contributed by atoms with E-state index >= 15 is 0 Å². The molecule has 2 aliphatic rings. The van der Waals surface area contributed by atoms with Crippen LogP contribution >= 0.6 is 0 Å². The van der Waals surface area contributed by atoms with E-state index in [0.29, 0.717) is 18.9 Å². The van der Waals surface area contributed by atoms with Gasteiger partial charge in [-0.25, -0.2) is 0 Å². The van der Waals surface area contributed by atoms with Gasteiger partial charge in [0.1, 0.15) is 12.4 Å². The highest BCUT2D eigenvalue weighted by atomic mass is 16.3. The quantitative estimate of drug-likeness (QED) is 0.743. The molecule has 0 unspecified atom stereocenters. The van der Waals surface area contributed by atoms with Crippen LogP contribution in [0.15, 0.2) is 0 Å². The molecule has 0 spiro atoms. The number of carbonyl (C=O) groups is 2. The van der Waals surface area contributed by atoms with E-state index in [1.165, 1.54) is 0 Å². The van der Waals surface area contributed by atoms with Crippen molar-refractivity contribution < 1.29 is 14.7 Å². The van der Waals surface area contributed by atoms with E-state index in [4.69, 9.17) is 5.11 Å². The van der Waals surface area contributed by atoms with Crippen LogP contribution in [-0.2, 0) is 23.2 Å². The zero-order chi connectivity index (χ0) is 16.4. The Bertz CT molecular complexity index is 588. The molecule has 1 aromatic rings. The van der Waals surface area contributed by atoms with Crippen molar-refractivity contribution >= 4 is 11.8 Å². The van der Waals surface area contributed by atoms with Crippen molar-refractivity contribution in [3.8, 4) is 0 Å². The highest BCUT2D eigenvalue weighted by molar-refractivity contribution is 6.35. The fourth-order valence-corrected chi connectivity index (χ4v) is 3.30. The molecule has 1 aromatic heterocycles. The molecule has 126 valence electrons. The third kappa shape index (κ3) is 3.21. The molecule has 0 aromatic carbocycles. The molecule has 1 aliphatic carbocycles. The molecule has 8 nitrogen and oxygen atoms in total. The van der Waals surface area contributed by atoms with Crippen molar-refractivity contribution in [2.75, 3.05) is 13.1 Å². The summed E-state index contributed by atoms with van der Waals surface area (Å²) in [5, 5.41) is 20.0. The number of aromatic nitrogens is 3. The van der Waals surface area contributed by atoms with Gasteiger partial charge >= 0.3 is 11.8 Å². The van der Waals surface area contributed by atoms with Crippen LogP contribution in [0.2, 0.25) is 0 Å². The van der Waals surface area contributed by atoms with Gasteiger partial charge in [0, 0.05) is 32.1 Å². The van der Waals surface area contributed by atoms with Gasteiger partial charge in [-0.3, -0.25) is 9.59 Å². The zero-order valence-electron chi connectivity index (χ0n) is 13.4. The summed E-state index contributed by atoms with van der Waals surface area (Å²) in [5.74, 6) is 0.664. The molecule has 1 saturated carbocycles. The highest BCUT2D eigenvalue weighted by Crippen LogP contribution is 2.35. The number of hydrogen-bond donors (Lipinski definition) is 2. The van der Waals surface area contributed by atoms with Gasteiger partial charge in [-0.1, -0.05) is 0 Å². The number of likely N-dealkylation sites (tertiary alicyclic amines) is 1. The van der Waals surface area contributed by atoms with Gasteiger partial charge in [-0.15, -0.1) is 10.2 Å². The maximum atomic E-state index is 12.1. The Balaban J connectivity index is 1.48. The van der Waals surface area contributed by atoms with Crippen molar-refractivity contribution in [3.05, 3.63) is 11.6 Å². The van der Waals surface area contributed by atoms with E-state index in [9.17, 15) is 9.59 Å². The Morgan fingerprint density at radius 1 is 1.22 bits per heavy atom. The number of rotatable bonds is 3. The van der Waals surface area contributed by atoms with Crippen LogP contribution < -0.4 is 5.32 Å². The molecule has 0 radical (unpaired) electrons. The molecule has 23 heavy (non-hydrogen) atoms. The molecular formula is C15H23N5O3. The number of hydrogen-bond acceptors (Lipinski definition) is 5. The van der Waals surface area contributed by atoms with E-state index in [1.54, 1.807) is 9.47 Å². The average Bonchev–Trinajstić information content (AvgIpc) is 2.90. The molecular weight excluding hydrogens is 298 g/mol. The summed E-state index contributed by atoms with van der Waals surface area (Å²) < 4.78 is 1.79. The third-order valence-corrected chi connectivity index (χ3v) is 4.82. The summed E-state index contributed by atoms with van der Waals surface area (Å²) in [6.45, 7) is 1.23. The third-order valence-electron chi connectivity index (χ3n) is 4.82. The Kier molecular flexibility index (Phi) is 4.61. The topological polar surface area (TPSA) is 100 Å². The highest BCUT2D eigenvalue weighted by Gasteiger charge is 2.36. The Labute approximate surface area is 134 Å². The summed E-state index contributed by atoms with van der Waals surface area (Å²) in [4.78, 5) is 25.8. The van der Waals surface area contributed by atoms with Gasteiger partial charge in [0.25, 0.3) is 0 Å². The number of aliphatic hydroxyl groups excluding tert-OH is 1. The van der Waals surface area contributed by atoms with Crippen molar-refractivity contribution in [1.29, 1.82) is 0 Å². The average molecular weight is 321 g/mol. The number of aliphatic hydroxyl groups is 1. The summed E-state index contributed by atoms with van der Waals surface area (Å²) in [5.41, 5.74) is 0. The van der Waals surface area contributed by atoms with E-state index in [2.05, 4.69) is 15.5 Å². The van der Waals surface area contributed by atoms with E-state index in [1.807, 2.05) is 7.05 Å². The lowest BCUT2D eigenvalue weighted by Gasteiger charge is -2.35. The molecule has 1 aliphatic heterocycles. The van der Waals surface area contributed by atoms with Crippen LogP contribution in [0.4, 0.5) is 0 Å². The predicted octanol–water partition coefficient (Wildman–Crippen LogP) is -0.318. The Morgan fingerprint density at radius 2 is 1.91 bits per heavy atom. The zero-order valence-corrected chi connectivity index (χ0v) is 13.4. The monoisotopic (exact) mass is 321 g/mol. The summed E-state index contributed by atoms with van der Waals surface area (Å²) in [6, 6.07) is 0.00974. The van der Waals surface area contributed by atoms with Crippen molar-refractivity contribution in [3.63, 3.8) is 0 Å². The standard InChI is InChI=1S/C15H23N5O3/c1-19-12(9-21)17-18-13(19)10-7-11(8-10)16-14(22)15(23)20-5-3-2-4-6-20/h10-11,21H,2-9H2,1H3,(H,16,22). The lowest BCUT2D eigenvalue weighted by molar-refractivity contribution is -0.147. The maximum Gasteiger partial charge on any atom is 0.311 e. The first kappa shape index (κ1) is 15.9. The Morgan fingerprint density at radius 3 is 2.52 bits per heavy atom. The lowest BCUT2D eigenvalue weighted by atomic mass is 9.79. The van der Waals surface area contributed by atoms with Gasteiger partial charge in [0.2, 0.25) is 0 Å². The largest absolute Gasteiger partial charge is 0.388 e. The maximum absolute atomic E-state index is 12.1. The lowest BCUT2D eigenvalue weighted by Crippen LogP contribution is -2.51. The van der Waals surface area contributed by atoms with E-state index < -0.39 is 11.8 Å². The molecule has 2 N–H and O–H groups in total. The normalized spacial score (nSPS) is 24.2. The van der Waals surface area contributed by atoms with E-state index in [0.717, 1.165) is 37.9 Å². The van der Waals surface area contributed by atoms with Crippen molar-refractivity contribution in [2.45, 2.75) is 50.7 Å². The van der Waals surface area contributed by atoms with Gasteiger partial charge in [0.15, 0.2) is 5.82 Å². The number of carbonyl (C=O) groups excluding carboxylic acids is 2. The minimum atomic E-state index is -0.496. The summed E-state index contributed by atoms with van der Waals surface area (Å²) in [7, 11) is 1.83. The van der Waals surface area contributed by atoms with Gasteiger partial charge in [-0.2, -0.15) is 0 Å². The first-order valence-corrected chi connectivity index (χ1v) is 8.19. The van der Waals surface area contributed by atoms with Crippen LogP contribution in [0.25, 0.3) is 0 Å². The van der Waals surface area contributed by atoms with Gasteiger partial charge in [0.05, 0.1) is 0 Å². The van der Waals surface area contributed by atoms with Crippen molar-refractivity contribution in [2.24, 2.45) is 7.05 Å². The smallest absolute Gasteiger partial charge is 0.311 e. The second-order valence-electron chi connectivity index (χ2n) is 6.38. The molecule has 2 fully saturated rings. The first-order chi connectivity index (χ1) is 11.1. The summed E-state index contributed by atoms with van der Waals surface area (Å²) in [6.07, 6.45) is 4.57. The van der Waals surface area contributed by atoms with Gasteiger partial charge < -0.3 is 19.9 Å². The number of piperidine rings is 1. The van der Waals surface area contributed by atoms with Gasteiger partial charge in [-0.05, 0) is 32.1 Å². The van der Waals surface area contributed by atoms with Crippen molar-refractivity contribution in [1.82, 2.24) is 25.0 Å². The second kappa shape index (κ2) is 6.66. The molecule has 3 rings (SSSR count). The fraction of sp³-hybridized carbons (Fsp3) is 0.733. The van der Waals surface area contributed by atoms with E-state index in [-0.39, 0.29) is 18.6 Å².